The van der Waals surface area contributed by atoms with Crippen molar-refractivity contribution in [2.45, 2.75) is 38.1 Å². The Labute approximate surface area is 105 Å². The van der Waals surface area contributed by atoms with E-state index in [1.54, 1.807) is 0 Å². The molecule has 1 unspecified atom stereocenters. The van der Waals surface area contributed by atoms with E-state index in [0.29, 0.717) is 0 Å². The maximum absolute atomic E-state index is 5.24. The molecule has 1 aliphatic heterocycles. The minimum atomic E-state index is 0.742. The highest BCUT2D eigenvalue weighted by Crippen LogP contribution is 2.59. The highest BCUT2D eigenvalue weighted by Gasteiger charge is 2.54. The van der Waals surface area contributed by atoms with Crippen molar-refractivity contribution in [2.75, 3.05) is 39.9 Å². The van der Waals surface area contributed by atoms with Crippen molar-refractivity contribution in [1.82, 2.24) is 10.2 Å². The Balaban J connectivity index is 1.48. The van der Waals surface area contributed by atoms with Gasteiger partial charge in [-0.2, -0.15) is 0 Å². The van der Waals surface area contributed by atoms with E-state index in [1.807, 2.05) is 7.11 Å². The van der Waals surface area contributed by atoms with Crippen LogP contribution in [0, 0.1) is 11.3 Å². The van der Waals surface area contributed by atoms with Gasteiger partial charge in [0, 0.05) is 26.2 Å². The van der Waals surface area contributed by atoms with E-state index < -0.39 is 0 Å². The maximum atomic E-state index is 5.24. The fourth-order valence-electron chi connectivity index (χ4n) is 3.58. The van der Waals surface area contributed by atoms with Crippen LogP contribution >= 0.6 is 0 Å². The minimum Gasteiger partial charge on any atom is -0.383 e. The average Bonchev–Trinajstić information content (AvgIpc) is 3.24. The van der Waals surface area contributed by atoms with Crippen molar-refractivity contribution < 1.29 is 4.74 Å². The largest absolute Gasteiger partial charge is 0.383 e. The number of rotatable bonds is 6. The first-order valence-electron chi connectivity index (χ1n) is 7.28. The number of methoxy groups -OCH3 is 1. The van der Waals surface area contributed by atoms with Gasteiger partial charge in [0.1, 0.15) is 0 Å². The van der Waals surface area contributed by atoms with E-state index in [2.05, 4.69) is 10.2 Å². The Morgan fingerprint density at radius 3 is 2.71 bits per heavy atom. The van der Waals surface area contributed by atoms with Crippen LogP contribution < -0.4 is 5.32 Å². The lowest BCUT2D eigenvalue weighted by Gasteiger charge is -2.27. The molecule has 0 amide bonds. The normalized spacial score (nSPS) is 31.1. The first-order chi connectivity index (χ1) is 8.34. The molecule has 1 atom stereocenters. The van der Waals surface area contributed by atoms with Crippen molar-refractivity contribution in [2.24, 2.45) is 11.3 Å². The molecular weight excluding hydrogens is 212 g/mol. The predicted molar refractivity (Wildman–Crippen MR) is 69.1 cm³/mol. The molecule has 3 nitrogen and oxygen atoms in total. The summed E-state index contributed by atoms with van der Waals surface area (Å²) in [5, 5.41) is 3.49. The number of piperidine rings is 1. The second-order valence-corrected chi connectivity index (χ2v) is 6.23. The van der Waals surface area contributed by atoms with Gasteiger partial charge in [-0.05, 0) is 56.5 Å². The van der Waals surface area contributed by atoms with E-state index in [-0.39, 0.29) is 0 Å². The minimum absolute atomic E-state index is 0.742. The summed E-state index contributed by atoms with van der Waals surface area (Å²) in [4.78, 5) is 2.70. The number of nitrogens with one attached hydrogen (secondary N) is 1. The highest BCUT2D eigenvalue weighted by molar-refractivity contribution is 5.06. The quantitative estimate of drug-likeness (QED) is 0.759. The van der Waals surface area contributed by atoms with Crippen molar-refractivity contribution in [3.8, 4) is 0 Å². The molecule has 1 spiro atoms. The summed E-state index contributed by atoms with van der Waals surface area (Å²) in [5.74, 6) is 0.988. The number of nitrogens with zero attached hydrogens (tertiary/aromatic N) is 1. The predicted octanol–water partition coefficient (Wildman–Crippen LogP) is 1.49. The van der Waals surface area contributed by atoms with Gasteiger partial charge in [-0.1, -0.05) is 0 Å². The summed E-state index contributed by atoms with van der Waals surface area (Å²) in [6, 6.07) is 0.893. The molecule has 1 saturated heterocycles. The van der Waals surface area contributed by atoms with Crippen LogP contribution in [0.4, 0.5) is 0 Å². The molecule has 0 aromatic carbocycles. The van der Waals surface area contributed by atoms with Crippen LogP contribution in [0.1, 0.15) is 32.1 Å². The number of hydrogen-bond donors (Lipinski definition) is 1. The van der Waals surface area contributed by atoms with E-state index in [0.717, 1.165) is 30.5 Å². The molecule has 98 valence electrons. The summed E-state index contributed by atoms with van der Waals surface area (Å²) >= 11 is 0. The molecule has 0 bridgehead atoms. The number of hydrogen-bond acceptors (Lipinski definition) is 3. The first kappa shape index (κ1) is 11.9. The first-order valence-corrected chi connectivity index (χ1v) is 7.28. The Hall–Kier alpha value is -0.120. The van der Waals surface area contributed by atoms with Crippen molar-refractivity contribution >= 4 is 0 Å². The lowest BCUT2D eigenvalue weighted by molar-refractivity contribution is 0.135. The molecule has 1 N–H and O–H groups in total. The molecule has 2 aliphatic carbocycles. The van der Waals surface area contributed by atoms with Gasteiger partial charge in [-0.15, -0.1) is 0 Å². The van der Waals surface area contributed by atoms with Crippen molar-refractivity contribution in [3.05, 3.63) is 0 Å². The fourth-order valence-corrected chi connectivity index (χ4v) is 3.58. The SMILES string of the molecule is COCCN(CC1CC12CCNCC2)C1CC1. The van der Waals surface area contributed by atoms with Crippen LogP contribution in [-0.4, -0.2) is 50.8 Å². The Morgan fingerprint density at radius 1 is 1.29 bits per heavy atom. The van der Waals surface area contributed by atoms with Crippen LogP contribution in [0.3, 0.4) is 0 Å². The van der Waals surface area contributed by atoms with E-state index in [4.69, 9.17) is 4.74 Å². The van der Waals surface area contributed by atoms with Gasteiger partial charge in [0.25, 0.3) is 0 Å². The van der Waals surface area contributed by atoms with Crippen LogP contribution in [-0.2, 0) is 4.74 Å². The second kappa shape index (κ2) is 4.87. The average molecular weight is 238 g/mol. The summed E-state index contributed by atoms with van der Waals surface area (Å²) in [6.45, 7) is 5.88. The zero-order chi connectivity index (χ0) is 11.7. The van der Waals surface area contributed by atoms with Gasteiger partial charge in [0.05, 0.1) is 6.61 Å². The van der Waals surface area contributed by atoms with E-state index in [9.17, 15) is 0 Å². The lowest BCUT2D eigenvalue weighted by atomic mass is 9.92. The third-order valence-corrected chi connectivity index (χ3v) is 5.06. The summed E-state index contributed by atoms with van der Waals surface area (Å²) in [7, 11) is 1.82. The summed E-state index contributed by atoms with van der Waals surface area (Å²) < 4.78 is 5.24. The molecule has 3 heteroatoms. The molecule has 0 aromatic rings. The smallest absolute Gasteiger partial charge is 0.0589 e. The van der Waals surface area contributed by atoms with Gasteiger partial charge in [-0.25, -0.2) is 0 Å². The van der Waals surface area contributed by atoms with Gasteiger partial charge in [-0.3, -0.25) is 4.90 Å². The molecular formula is C14H26N2O. The van der Waals surface area contributed by atoms with Crippen molar-refractivity contribution in [1.29, 1.82) is 0 Å². The Morgan fingerprint density at radius 2 is 2.06 bits per heavy atom. The van der Waals surface area contributed by atoms with Gasteiger partial charge < -0.3 is 10.1 Å². The van der Waals surface area contributed by atoms with E-state index >= 15 is 0 Å². The molecule has 3 aliphatic rings. The molecule has 2 saturated carbocycles. The zero-order valence-corrected chi connectivity index (χ0v) is 11.1. The van der Waals surface area contributed by atoms with E-state index in [1.165, 1.54) is 51.7 Å². The number of ether oxygens (including phenoxy) is 1. The van der Waals surface area contributed by atoms with Gasteiger partial charge >= 0.3 is 0 Å². The zero-order valence-electron chi connectivity index (χ0n) is 11.1. The molecule has 1 heterocycles. The summed E-state index contributed by atoms with van der Waals surface area (Å²) in [6.07, 6.45) is 7.17. The monoisotopic (exact) mass is 238 g/mol. The van der Waals surface area contributed by atoms with Crippen LogP contribution in [0.25, 0.3) is 0 Å². The lowest BCUT2D eigenvalue weighted by Crippen LogP contribution is -2.35. The molecule has 3 rings (SSSR count). The van der Waals surface area contributed by atoms with Gasteiger partial charge in [0.2, 0.25) is 0 Å². The van der Waals surface area contributed by atoms with Crippen LogP contribution in [0.15, 0.2) is 0 Å². The molecule has 3 fully saturated rings. The fraction of sp³-hybridized carbons (Fsp3) is 1.00. The molecule has 0 aromatic heterocycles. The van der Waals surface area contributed by atoms with Crippen molar-refractivity contribution in [3.63, 3.8) is 0 Å². The molecule has 17 heavy (non-hydrogen) atoms. The Bertz CT molecular complexity index is 259. The van der Waals surface area contributed by atoms with Gasteiger partial charge in [0.15, 0.2) is 0 Å². The topological polar surface area (TPSA) is 24.5 Å². The Kier molecular flexibility index (Phi) is 3.42. The third kappa shape index (κ3) is 2.67. The van der Waals surface area contributed by atoms with Crippen LogP contribution in [0.5, 0.6) is 0 Å². The maximum Gasteiger partial charge on any atom is 0.0589 e. The highest BCUT2D eigenvalue weighted by atomic mass is 16.5. The second-order valence-electron chi connectivity index (χ2n) is 6.23. The molecule has 0 radical (unpaired) electrons. The standard InChI is InChI=1S/C14H26N2O/c1-17-9-8-16(13-2-3-13)11-12-10-14(12)4-6-15-7-5-14/h12-13,15H,2-11H2,1H3. The van der Waals surface area contributed by atoms with Crippen LogP contribution in [0.2, 0.25) is 0 Å². The third-order valence-electron chi connectivity index (χ3n) is 5.06. The summed E-state index contributed by atoms with van der Waals surface area (Å²) in [5.41, 5.74) is 0.742.